The number of benzene rings is 2. The zero-order valence-electron chi connectivity index (χ0n) is 14.3. The number of rotatable bonds is 4. The van der Waals surface area contributed by atoms with Gasteiger partial charge in [0, 0.05) is 43.7 Å². The van der Waals surface area contributed by atoms with Crippen molar-refractivity contribution in [2.24, 2.45) is 5.92 Å². The van der Waals surface area contributed by atoms with Gasteiger partial charge in [0.2, 0.25) is 5.91 Å². The van der Waals surface area contributed by atoms with E-state index in [9.17, 15) is 4.79 Å². The summed E-state index contributed by atoms with van der Waals surface area (Å²) in [7, 11) is 0. The van der Waals surface area contributed by atoms with E-state index in [4.69, 9.17) is 11.6 Å². The number of carbonyl (C=O) groups is 1. The van der Waals surface area contributed by atoms with E-state index in [2.05, 4.69) is 40.1 Å². The van der Waals surface area contributed by atoms with Crippen LogP contribution in [0.4, 0.5) is 0 Å². The standard InChI is InChI=1S/C21H23ClN2O/c22-20-9-5-4-8-17(20)15-23-10-12-24(13-11-23)21(25)19-14-18(19)16-6-2-1-3-7-16/h1-9,18-19H,10-15H2/t18-,19+/m1/s1. The Labute approximate surface area is 154 Å². The Morgan fingerprint density at radius 1 is 0.960 bits per heavy atom. The first-order valence-corrected chi connectivity index (χ1v) is 9.39. The van der Waals surface area contributed by atoms with E-state index in [0.29, 0.717) is 11.8 Å². The second-order valence-electron chi connectivity index (χ2n) is 7.05. The lowest BCUT2D eigenvalue weighted by molar-refractivity contribution is -0.134. The van der Waals surface area contributed by atoms with Gasteiger partial charge in [-0.2, -0.15) is 0 Å². The number of hydrogen-bond acceptors (Lipinski definition) is 2. The van der Waals surface area contributed by atoms with E-state index in [1.165, 1.54) is 5.56 Å². The molecule has 0 aromatic heterocycles. The van der Waals surface area contributed by atoms with Crippen LogP contribution in [-0.4, -0.2) is 41.9 Å². The Morgan fingerprint density at radius 2 is 1.64 bits per heavy atom. The average Bonchev–Trinajstić information content (AvgIpc) is 3.45. The predicted octanol–water partition coefficient (Wildman–Crippen LogP) is 3.79. The minimum absolute atomic E-state index is 0.192. The molecule has 0 unspecified atom stereocenters. The largest absolute Gasteiger partial charge is 0.340 e. The van der Waals surface area contributed by atoms with Gasteiger partial charge in [0.15, 0.2) is 0 Å². The number of halogens is 1. The maximum Gasteiger partial charge on any atom is 0.226 e. The third-order valence-corrected chi connectivity index (χ3v) is 5.74. The molecule has 1 saturated heterocycles. The Kier molecular flexibility index (Phi) is 4.78. The summed E-state index contributed by atoms with van der Waals surface area (Å²) in [6.45, 7) is 4.33. The molecule has 0 bridgehead atoms. The van der Waals surface area contributed by atoms with Gasteiger partial charge in [-0.25, -0.2) is 0 Å². The van der Waals surface area contributed by atoms with Crippen LogP contribution in [0.5, 0.6) is 0 Å². The quantitative estimate of drug-likeness (QED) is 0.834. The highest BCUT2D eigenvalue weighted by Crippen LogP contribution is 2.48. The van der Waals surface area contributed by atoms with Crippen LogP contribution < -0.4 is 0 Å². The van der Waals surface area contributed by atoms with Crippen molar-refractivity contribution in [3.05, 3.63) is 70.7 Å². The zero-order valence-corrected chi connectivity index (χ0v) is 15.0. The molecule has 130 valence electrons. The molecule has 4 heteroatoms. The summed E-state index contributed by atoms with van der Waals surface area (Å²) in [5.41, 5.74) is 2.47. The van der Waals surface area contributed by atoms with E-state index in [0.717, 1.165) is 49.7 Å². The van der Waals surface area contributed by atoms with E-state index in [-0.39, 0.29) is 5.92 Å². The van der Waals surface area contributed by atoms with Crippen LogP contribution in [-0.2, 0) is 11.3 Å². The zero-order chi connectivity index (χ0) is 17.2. The highest BCUT2D eigenvalue weighted by molar-refractivity contribution is 6.31. The van der Waals surface area contributed by atoms with Crippen molar-refractivity contribution in [1.29, 1.82) is 0 Å². The molecule has 1 heterocycles. The molecular formula is C21H23ClN2O. The number of piperazine rings is 1. The minimum Gasteiger partial charge on any atom is -0.340 e. The predicted molar refractivity (Wildman–Crippen MR) is 101 cm³/mol. The van der Waals surface area contributed by atoms with Crippen molar-refractivity contribution in [1.82, 2.24) is 9.80 Å². The molecule has 0 spiro atoms. The number of carbonyl (C=O) groups excluding carboxylic acids is 1. The fourth-order valence-electron chi connectivity index (χ4n) is 3.76. The smallest absolute Gasteiger partial charge is 0.226 e. The van der Waals surface area contributed by atoms with Gasteiger partial charge in [-0.05, 0) is 29.5 Å². The van der Waals surface area contributed by atoms with Gasteiger partial charge >= 0.3 is 0 Å². The van der Waals surface area contributed by atoms with Crippen molar-refractivity contribution in [3.8, 4) is 0 Å². The van der Waals surface area contributed by atoms with Gasteiger partial charge in [-0.15, -0.1) is 0 Å². The number of hydrogen-bond donors (Lipinski definition) is 0. The summed E-state index contributed by atoms with van der Waals surface area (Å²) < 4.78 is 0. The second-order valence-corrected chi connectivity index (χ2v) is 7.46. The molecule has 2 aromatic rings. The molecule has 1 saturated carbocycles. The van der Waals surface area contributed by atoms with E-state index >= 15 is 0 Å². The SMILES string of the molecule is O=C([C@H]1C[C@@H]1c1ccccc1)N1CCN(Cc2ccccc2Cl)CC1. The third-order valence-electron chi connectivity index (χ3n) is 5.37. The molecule has 0 N–H and O–H groups in total. The van der Waals surface area contributed by atoms with E-state index in [1.807, 2.05) is 24.3 Å². The maximum atomic E-state index is 12.7. The molecular weight excluding hydrogens is 332 g/mol. The Hall–Kier alpha value is -1.84. The molecule has 3 nitrogen and oxygen atoms in total. The van der Waals surface area contributed by atoms with Crippen LogP contribution >= 0.6 is 11.6 Å². The first-order valence-electron chi connectivity index (χ1n) is 9.02. The van der Waals surface area contributed by atoms with Crippen LogP contribution in [0.25, 0.3) is 0 Å². The molecule has 2 fully saturated rings. The minimum atomic E-state index is 0.192. The van der Waals surface area contributed by atoms with Gasteiger partial charge in [0.1, 0.15) is 0 Å². The van der Waals surface area contributed by atoms with Gasteiger partial charge in [0.25, 0.3) is 0 Å². The third kappa shape index (κ3) is 3.73. The van der Waals surface area contributed by atoms with E-state index < -0.39 is 0 Å². The van der Waals surface area contributed by atoms with Crippen LogP contribution in [0.3, 0.4) is 0 Å². The van der Waals surface area contributed by atoms with Crippen LogP contribution in [0, 0.1) is 5.92 Å². The van der Waals surface area contributed by atoms with Gasteiger partial charge in [-0.3, -0.25) is 9.69 Å². The molecule has 2 aliphatic rings. The molecule has 25 heavy (non-hydrogen) atoms. The highest BCUT2D eigenvalue weighted by Gasteiger charge is 2.45. The normalized spacial score (nSPS) is 23.5. The van der Waals surface area contributed by atoms with Gasteiger partial charge in [0.05, 0.1) is 0 Å². The summed E-state index contributed by atoms with van der Waals surface area (Å²) in [6.07, 6.45) is 1.00. The molecule has 4 rings (SSSR count). The maximum absolute atomic E-state index is 12.7. The lowest BCUT2D eigenvalue weighted by Crippen LogP contribution is -2.48. The number of nitrogens with zero attached hydrogens (tertiary/aromatic N) is 2. The Morgan fingerprint density at radius 3 is 2.36 bits per heavy atom. The summed E-state index contributed by atoms with van der Waals surface area (Å²) in [5.74, 6) is 0.957. The molecule has 1 aliphatic heterocycles. The fraction of sp³-hybridized carbons (Fsp3) is 0.381. The van der Waals surface area contributed by atoms with Gasteiger partial charge < -0.3 is 4.90 Å². The van der Waals surface area contributed by atoms with Crippen molar-refractivity contribution in [3.63, 3.8) is 0 Å². The summed E-state index contributed by atoms with van der Waals surface area (Å²) in [6, 6.07) is 18.4. The van der Waals surface area contributed by atoms with Crippen molar-refractivity contribution in [2.75, 3.05) is 26.2 Å². The Balaban J connectivity index is 1.29. The highest BCUT2D eigenvalue weighted by atomic mass is 35.5. The van der Waals surface area contributed by atoms with E-state index in [1.54, 1.807) is 0 Å². The number of amides is 1. The van der Waals surface area contributed by atoms with Crippen molar-refractivity contribution < 1.29 is 4.79 Å². The topological polar surface area (TPSA) is 23.6 Å². The first-order chi connectivity index (χ1) is 12.2. The lowest BCUT2D eigenvalue weighted by Gasteiger charge is -2.35. The fourth-order valence-corrected chi connectivity index (χ4v) is 3.96. The summed E-state index contributed by atoms with van der Waals surface area (Å²) >= 11 is 6.26. The lowest BCUT2D eigenvalue weighted by atomic mass is 10.1. The first kappa shape index (κ1) is 16.6. The van der Waals surface area contributed by atoms with Crippen LogP contribution in [0.2, 0.25) is 5.02 Å². The molecule has 1 aliphatic carbocycles. The molecule has 0 radical (unpaired) electrons. The van der Waals surface area contributed by atoms with Crippen molar-refractivity contribution in [2.45, 2.75) is 18.9 Å². The summed E-state index contributed by atoms with van der Waals surface area (Å²) in [5, 5.41) is 0.824. The summed E-state index contributed by atoms with van der Waals surface area (Å²) in [4.78, 5) is 17.2. The van der Waals surface area contributed by atoms with Crippen LogP contribution in [0.15, 0.2) is 54.6 Å². The average molecular weight is 355 g/mol. The van der Waals surface area contributed by atoms with Crippen LogP contribution in [0.1, 0.15) is 23.5 Å². The Bertz CT molecular complexity index is 741. The second kappa shape index (κ2) is 7.19. The van der Waals surface area contributed by atoms with Crippen molar-refractivity contribution >= 4 is 17.5 Å². The molecule has 1 amide bonds. The monoisotopic (exact) mass is 354 g/mol. The molecule has 2 aromatic carbocycles. The van der Waals surface area contributed by atoms with Gasteiger partial charge in [-0.1, -0.05) is 60.1 Å². The molecule has 2 atom stereocenters.